The van der Waals surface area contributed by atoms with Gasteiger partial charge in [-0.05, 0) is 18.2 Å². The lowest BCUT2D eigenvalue weighted by Gasteiger charge is -2.12. The molecule has 2 N–H and O–H groups in total. The van der Waals surface area contributed by atoms with Gasteiger partial charge in [0.25, 0.3) is 0 Å². The summed E-state index contributed by atoms with van der Waals surface area (Å²) in [7, 11) is 5.23. The third-order valence-electron chi connectivity index (χ3n) is 2.94. The summed E-state index contributed by atoms with van der Waals surface area (Å²) in [6.45, 7) is 0.292. The third-order valence-corrected chi connectivity index (χ3v) is 3.25. The van der Waals surface area contributed by atoms with Crippen LogP contribution in [0.4, 0.5) is 16.4 Å². The number of urea groups is 1. The molecule has 23 heavy (non-hydrogen) atoms. The summed E-state index contributed by atoms with van der Waals surface area (Å²) in [6, 6.07) is 6.40. The van der Waals surface area contributed by atoms with Gasteiger partial charge in [0.15, 0.2) is 0 Å². The van der Waals surface area contributed by atoms with Crippen LogP contribution in [-0.4, -0.2) is 37.2 Å². The molecule has 8 heteroatoms. The van der Waals surface area contributed by atoms with E-state index in [1.807, 2.05) is 14.1 Å². The van der Waals surface area contributed by atoms with Crippen LogP contribution in [0.15, 0.2) is 30.5 Å². The van der Waals surface area contributed by atoms with Crippen LogP contribution in [0.5, 0.6) is 5.75 Å². The molecule has 2 rings (SSSR count). The first-order valence-corrected chi connectivity index (χ1v) is 7.25. The molecular weight excluding hydrogens is 318 g/mol. The van der Waals surface area contributed by atoms with E-state index in [-0.39, 0.29) is 6.03 Å². The molecule has 0 aliphatic heterocycles. The fraction of sp³-hybridized carbons (Fsp3) is 0.267. The van der Waals surface area contributed by atoms with Gasteiger partial charge in [0.2, 0.25) is 5.95 Å². The second kappa shape index (κ2) is 7.64. The summed E-state index contributed by atoms with van der Waals surface area (Å²) < 4.78 is 5.11. The highest BCUT2D eigenvalue weighted by Crippen LogP contribution is 2.27. The number of carbonyl (C=O) groups excluding carboxylic acids is 1. The van der Waals surface area contributed by atoms with Gasteiger partial charge in [-0.3, -0.25) is 0 Å². The van der Waals surface area contributed by atoms with Crippen molar-refractivity contribution in [2.24, 2.45) is 0 Å². The maximum Gasteiger partial charge on any atom is 0.319 e. The monoisotopic (exact) mass is 335 g/mol. The van der Waals surface area contributed by atoms with Crippen molar-refractivity contribution in [3.05, 3.63) is 41.2 Å². The highest BCUT2D eigenvalue weighted by molar-refractivity contribution is 6.32. The molecule has 0 bridgehead atoms. The normalized spacial score (nSPS) is 10.1. The molecular formula is C15H18ClN5O2. The van der Waals surface area contributed by atoms with Gasteiger partial charge < -0.3 is 20.3 Å². The van der Waals surface area contributed by atoms with E-state index < -0.39 is 0 Å². The fourth-order valence-corrected chi connectivity index (χ4v) is 1.98. The van der Waals surface area contributed by atoms with Gasteiger partial charge >= 0.3 is 6.03 Å². The maximum absolute atomic E-state index is 11.9. The van der Waals surface area contributed by atoms with Crippen molar-refractivity contribution in [2.75, 3.05) is 31.4 Å². The number of hydrogen-bond acceptors (Lipinski definition) is 5. The third kappa shape index (κ3) is 4.72. The molecule has 1 heterocycles. The van der Waals surface area contributed by atoms with Gasteiger partial charge in [0, 0.05) is 32.0 Å². The summed E-state index contributed by atoms with van der Waals surface area (Å²) >= 11 is 5.94. The van der Waals surface area contributed by atoms with Crippen LogP contribution in [0.1, 0.15) is 5.69 Å². The molecule has 2 aromatic rings. The number of rotatable bonds is 5. The van der Waals surface area contributed by atoms with Crippen molar-refractivity contribution in [1.82, 2.24) is 15.3 Å². The summed E-state index contributed by atoms with van der Waals surface area (Å²) in [6.07, 6.45) is 1.65. The lowest BCUT2D eigenvalue weighted by Crippen LogP contribution is -2.28. The predicted molar refractivity (Wildman–Crippen MR) is 90.2 cm³/mol. The number of aromatic nitrogens is 2. The molecule has 1 aromatic heterocycles. The SMILES string of the molecule is COc1cc(NC(=O)NCc2ccnc(N(C)C)n2)ccc1Cl. The fourth-order valence-electron chi connectivity index (χ4n) is 1.78. The summed E-state index contributed by atoms with van der Waals surface area (Å²) in [5, 5.41) is 5.92. The largest absolute Gasteiger partial charge is 0.495 e. The number of nitrogens with one attached hydrogen (secondary N) is 2. The number of carbonyl (C=O) groups is 1. The Morgan fingerprint density at radius 1 is 1.35 bits per heavy atom. The van der Waals surface area contributed by atoms with E-state index in [0.29, 0.717) is 34.6 Å². The molecule has 0 saturated heterocycles. The Morgan fingerprint density at radius 3 is 2.83 bits per heavy atom. The molecule has 0 atom stereocenters. The number of nitrogens with zero attached hydrogens (tertiary/aromatic N) is 3. The van der Waals surface area contributed by atoms with Crippen LogP contribution >= 0.6 is 11.6 Å². The first-order valence-electron chi connectivity index (χ1n) is 6.87. The average molecular weight is 336 g/mol. The minimum absolute atomic E-state index is 0.292. The molecule has 122 valence electrons. The van der Waals surface area contributed by atoms with Gasteiger partial charge in [-0.15, -0.1) is 0 Å². The van der Waals surface area contributed by atoms with Crippen molar-refractivity contribution in [3.8, 4) is 5.75 Å². The lowest BCUT2D eigenvalue weighted by molar-refractivity contribution is 0.251. The van der Waals surface area contributed by atoms with Crippen LogP contribution in [0.2, 0.25) is 5.02 Å². The van der Waals surface area contributed by atoms with E-state index in [1.165, 1.54) is 7.11 Å². The molecule has 0 aliphatic rings. The highest BCUT2D eigenvalue weighted by atomic mass is 35.5. The quantitative estimate of drug-likeness (QED) is 0.877. The second-order valence-electron chi connectivity index (χ2n) is 4.90. The molecule has 0 fully saturated rings. The van der Waals surface area contributed by atoms with Crippen LogP contribution < -0.4 is 20.3 Å². The summed E-state index contributed by atoms with van der Waals surface area (Å²) in [4.78, 5) is 22.2. The van der Waals surface area contributed by atoms with Crippen molar-refractivity contribution >= 4 is 29.3 Å². The van der Waals surface area contributed by atoms with E-state index >= 15 is 0 Å². The van der Waals surface area contributed by atoms with Crippen LogP contribution in [0.25, 0.3) is 0 Å². The number of ether oxygens (including phenoxy) is 1. The zero-order chi connectivity index (χ0) is 16.8. The Labute approximate surface area is 139 Å². The van der Waals surface area contributed by atoms with E-state index in [1.54, 1.807) is 35.4 Å². The standard InChI is InChI=1S/C15H18ClN5O2/c1-21(2)14-17-7-6-11(19-14)9-18-15(22)20-10-4-5-12(16)13(8-10)23-3/h4-8H,9H2,1-3H3,(H2,18,20,22). The first-order chi connectivity index (χ1) is 11.0. The Hall–Kier alpha value is -2.54. The van der Waals surface area contributed by atoms with E-state index in [2.05, 4.69) is 20.6 Å². The highest BCUT2D eigenvalue weighted by Gasteiger charge is 2.07. The number of benzene rings is 1. The van der Waals surface area contributed by atoms with Crippen LogP contribution in [-0.2, 0) is 6.54 Å². The molecule has 0 saturated carbocycles. The molecule has 7 nitrogen and oxygen atoms in total. The van der Waals surface area contributed by atoms with Gasteiger partial charge in [0.05, 0.1) is 24.4 Å². The van der Waals surface area contributed by atoms with Crippen LogP contribution in [0, 0.1) is 0 Å². The van der Waals surface area contributed by atoms with Crippen molar-refractivity contribution in [3.63, 3.8) is 0 Å². The lowest BCUT2D eigenvalue weighted by atomic mass is 10.3. The predicted octanol–water partition coefficient (Wildman–Crippen LogP) is 2.53. The smallest absolute Gasteiger partial charge is 0.319 e. The van der Waals surface area contributed by atoms with Gasteiger partial charge in [0.1, 0.15) is 5.75 Å². The average Bonchev–Trinajstić information content (AvgIpc) is 2.55. The van der Waals surface area contributed by atoms with Gasteiger partial charge in [-0.25, -0.2) is 14.8 Å². The minimum Gasteiger partial charge on any atom is -0.495 e. The van der Waals surface area contributed by atoms with Crippen molar-refractivity contribution in [1.29, 1.82) is 0 Å². The van der Waals surface area contributed by atoms with E-state index in [4.69, 9.17) is 16.3 Å². The van der Waals surface area contributed by atoms with Crippen molar-refractivity contribution in [2.45, 2.75) is 6.54 Å². The second-order valence-corrected chi connectivity index (χ2v) is 5.31. The molecule has 0 unspecified atom stereocenters. The Balaban J connectivity index is 1.94. The first kappa shape index (κ1) is 16.8. The number of methoxy groups -OCH3 is 1. The number of halogens is 1. The number of anilines is 2. The van der Waals surface area contributed by atoms with E-state index in [9.17, 15) is 4.79 Å². The Bertz CT molecular complexity index is 693. The molecule has 0 radical (unpaired) electrons. The number of hydrogen-bond donors (Lipinski definition) is 2. The topological polar surface area (TPSA) is 79.4 Å². The maximum atomic E-state index is 11.9. The summed E-state index contributed by atoms with van der Waals surface area (Å²) in [5.41, 5.74) is 1.30. The van der Waals surface area contributed by atoms with Crippen LogP contribution in [0.3, 0.4) is 0 Å². The Morgan fingerprint density at radius 2 is 2.13 bits per heavy atom. The van der Waals surface area contributed by atoms with Gasteiger partial charge in [-0.2, -0.15) is 0 Å². The minimum atomic E-state index is -0.348. The Kier molecular flexibility index (Phi) is 5.59. The molecule has 2 amide bonds. The number of amides is 2. The van der Waals surface area contributed by atoms with Gasteiger partial charge in [-0.1, -0.05) is 11.6 Å². The van der Waals surface area contributed by atoms with E-state index in [0.717, 1.165) is 0 Å². The zero-order valence-corrected chi connectivity index (χ0v) is 13.9. The molecule has 0 spiro atoms. The zero-order valence-electron chi connectivity index (χ0n) is 13.1. The summed E-state index contributed by atoms with van der Waals surface area (Å²) in [5.74, 6) is 1.09. The molecule has 0 aliphatic carbocycles. The van der Waals surface area contributed by atoms with Crippen molar-refractivity contribution < 1.29 is 9.53 Å². The molecule has 1 aromatic carbocycles.